The summed E-state index contributed by atoms with van der Waals surface area (Å²) in [4.78, 5) is 3.97. The molecule has 1 N–H and O–H groups in total. The fraction of sp³-hybridized carbons (Fsp3) is 0.545. The van der Waals surface area contributed by atoms with Crippen LogP contribution < -0.4 is 4.74 Å². The Kier molecular flexibility index (Phi) is 2.19. The molecule has 1 aliphatic rings. The molecule has 1 saturated carbocycles. The van der Waals surface area contributed by atoms with E-state index in [1.54, 1.807) is 19.5 Å². The predicted molar refractivity (Wildman–Crippen MR) is 53.1 cm³/mol. The highest BCUT2D eigenvalue weighted by Gasteiger charge is 2.54. The van der Waals surface area contributed by atoms with Gasteiger partial charge in [0.05, 0.1) is 18.9 Å². The molecule has 1 aliphatic carbocycles. The molecule has 1 heterocycles. The number of ether oxygens (including phenoxy) is 1. The molecule has 14 heavy (non-hydrogen) atoms. The summed E-state index contributed by atoms with van der Waals surface area (Å²) in [6.45, 7) is 2.09. The van der Waals surface area contributed by atoms with Crippen molar-refractivity contribution in [2.24, 2.45) is 5.92 Å². The lowest BCUT2D eigenvalue weighted by molar-refractivity contribution is 0.126. The summed E-state index contributed by atoms with van der Waals surface area (Å²) >= 11 is 0. The maximum Gasteiger partial charge on any atom is 0.143 e. The van der Waals surface area contributed by atoms with Gasteiger partial charge in [0.15, 0.2) is 0 Å². The maximum atomic E-state index is 10.3. The molecule has 1 aromatic rings. The summed E-state index contributed by atoms with van der Waals surface area (Å²) < 4.78 is 5.18. The van der Waals surface area contributed by atoms with Crippen molar-refractivity contribution in [2.75, 3.05) is 7.11 Å². The molecule has 0 radical (unpaired) electrons. The Bertz CT molecular complexity index is 340. The summed E-state index contributed by atoms with van der Waals surface area (Å²) in [6.07, 6.45) is 5.19. The summed E-state index contributed by atoms with van der Waals surface area (Å²) in [5.41, 5.74) is 0.213. The molecule has 2 unspecified atom stereocenters. The first-order valence-corrected chi connectivity index (χ1v) is 4.93. The van der Waals surface area contributed by atoms with E-state index in [1.165, 1.54) is 0 Å². The molecule has 0 saturated heterocycles. The zero-order valence-corrected chi connectivity index (χ0v) is 8.53. The van der Waals surface area contributed by atoms with Crippen LogP contribution in [0, 0.1) is 5.92 Å². The van der Waals surface area contributed by atoms with Gasteiger partial charge < -0.3 is 9.84 Å². The van der Waals surface area contributed by atoms with Gasteiger partial charge in [-0.3, -0.25) is 4.98 Å². The van der Waals surface area contributed by atoms with E-state index in [0.717, 1.165) is 18.4 Å². The van der Waals surface area contributed by atoms with E-state index in [2.05, 4.69) is 11.9 Å². The number of hydrogen-bond donors (Lipinski definition) is 1. The van der Waals surface area contributed by atoms with Crippen LogP contribution >= 0.6 is 0 Å². The van der Waals surface area contributed by atoms with Crippen LogP contribution in [0.5, 0.6) is 5.75 Å². The molecule has 2 atom stereocenters. The van der Waals surface area contributed by atoms with Crippen LogP contribution in [0.2, 0.25) is 0 Å². The monoisotopic (exact) mass is 193 g/mol. The van der Waals surface area contributed by atoms with Crippen LogP contribution in [0.25, 0.3) is 0 Å². The molecule has 0 bridgehead atoms. The standard InChI is InChI=1S/C11H15NO2/c1-3-8-6-11(8,13)9-4-5-12-7-10(9)14-2/h4-5,7-8,13H,3,6H2,1-2H3. The Morgan fingerprint density at radius 2 is 2.50 bits per heavy atom. The number of rotatable bonds is 3. The Labute approximate surface area is 83.7 Å². The van der Waals surface area contributed by atoms with E-state index < -0.39 is 5.60 Å². The van der Waals surface area contributed by atoms with Crippen molar-refractivity contribution in [3.05, 3.63) is 24.0 Å². The highest BCUT2D eigenvalue weighted by molar-refractivity contribution is 5.39. The van der Waals surface area contributed by atoms with Crippen molar-refractivity contribution in [3.63, 3.8) is 0 Å². The van der Waals surface area contributed by atoms with Crippen molar-refractivity contribution < 1.29 is 9.84 Å². The van der Waals surface area contributed by atoms with Crippen LogP contribution in [0.3, 0.4) is 0 Å². The van der Waals surface area contributed by atoms with Crippen LogP contribution in [-0.2, 0) is 5.60 Å². The Hall–Kier alpha value is -1.09. The fourth-order valence-electron chi connectivity index (χ4n) is 2.03. The second kappa shape index (κ2) is 3.24. The largest absolute Gasteiger partial charge is 0.495 e. The lowest BCUT2D eigenvalue weighted by atomic mass is 10.1. The first kappa shape index (κ1) is 9.46. The third kappa shape index (κ3) is 1.28. The number of nitrogens with zero attached hydrogens (tertiary/aromatic N) is 1. The van der Waals surface area contributed by atoms with Crippen molar-refractivity contribution >= 4 is 0 Å². The van der Waals surface area contributed by atoms with Crippen molar-refractivity contribution in [3.8, 4) is 5.75 Å². The van der Waals surface area contributed by atoms with Gasteiger partial charge in [-0.05, 0) is 18.4 Å². The molecule has 0 amide bonds. The smallest absolute Gasteiger partial charge is 0.143 e. The fourth-order valence-corrected chi connectivity index (χ4v) is 2.03. The summed E-state index contributed by atoms with van der Waals surface area (Å²) in [6, 6.07) is 1.84. The Morgan fingerprint density at radius 1 is 1.71 bits per heavy atom. The van der Waals surface area contributed by atoms with E-state index in [-0.39, 0.29) is 0 Å². The van der Waals surface area contributed by atoms with E-state index >= 15 is 0 Å². The molecule has 2 rings (SSSR count). The second-order valence-corrected chi connectivity index (χ2v) is 3.81. The van der Waals surface area contributed by atoms with Crippen LogP contribution in [0.15, 0.2) is 18.5 Å². The molecule has 0 aromatic carbocycles. The van der Waals surface area contributed by atoms with Crippen LogP contribution in [0.4, 0.5) is 0 Å². The SMILES string of the molecule is CCC1CC1(O)c1ccncc1OC. The van der Waals surface area contributed by atoms with Gasteiger partial charge in [-0.1, -0.05) is 13.3 Å². The average Bonchev–Trinajstić information content (AvgIpc) is 2.91. The topological polar surface area (TPSA) is 42.4 Å². The normalized spacial score (nSPS) is 30.1. The minimum absolute atomic E-state index is 0.374. The van der Waals surface area contributed by atoms with E-state index in [1.807, 2.05) is 6.07 Å². The van der Waals surface area contributed by atoms with Gasteiger partial charge in [-0.2, -0.15) is 0 Å². The van der Waals surface area contributed by atoms with Crippen molar-refractivity contribution in [1.29, 1.82) is 0 Å². The van der Waals surface area contributed by atoms with Crippen molar-refractivity contribution in [2.45, 2.75) is 25.4 Å². The zero-order chi connectivity index (χ0) is 10.2. The highest BCUT2D eigenvalue weighted by atomic mass is 16.5. The molecule has 1 aromatic heterocycles. The van der Waals surface area contributed by atoms with E-state index in [4.69, 9.17) is 4.74 Å². The molecular weight excluding hydrogens is 178 g/mol. The Morgan fingerprint density at radius 3 is 3.07 bits per heavy atom. The van der Waals surface area contributed by atoms with Gasteiger partial charge in [0, 0.05) is 11.8 Å². The average molecular weight is 193 g/mol. The molecular formula is C11H15NO2. The molecule has 0 spiro atoms. The van der Waals surface area contributed by atoms with Crippen LogP contribution in [0.1, 0.15) is 25.3 Å². The molecule has 3 heteroatoms. The lowest BCUT2D eigenvalue weighted by Gasteiger charge is -2.13. The second-order valence-electron chi connectivity index (χ2n) is 3.81. The summed E-state index contributed by atoms with van der Waals surface area (Å²) in [5.74, 6) is 1.06. The highest BCUT2D eigenvalue weighted by Crippen LogP contribution is 2.55. The maximum absolute atomic E-state index is 10.3. The zero-order valence-electron chi connectivity index (χ0n) is 8.53. The van der Waals surface area contributed by atoms with Gasteiger partial charge in [0.25, 0.3) is 0 Å². The first-order valence-electron chi connectivity index (χ1n) is 4.93. The molecule has 76 valence electrons. The van der Waals surface area contributed by atoms with E-state index in [9.17, 15) is 5.11 Å². The predicted octanol–water partition coefficient (Wildman–Crippen LogP) is 1.71. The number of aliphatic hydroxyl groups is 1. The number of methoxy groups -OCH3 is 1. The van der Waals surface area contributed by atoms with Gasteiger partial charge in [-0.15, -0.1) is 0 Å². The van der Waals surface area contributed by atoms with Gasteiger partial charge in [0.2, 0.25) is 0 Å². The summed E-state index contributed by atoms with van der Waals surface area (Å²) in [7, 11) is 1.60. The summed E-state index contributed by atoms with van der Waals surface area (Å²) in [5, 5.41) is 10.3. The quantitative estimate of drug-likeness (QED) is 0.794. The number of pyridine rings is 1. The number of aromatic nitrogens is 1. The lowest BCUT2D eigenvalue weighted by Crippen LogP contribution is -2.10. The third-order valence-corrected chi connectivity index (χ3v) is 3.04. The molecule has 0 aliphatic heterocycles. The van der Waals surface area contributed by atoms with E-state index in [0.29, 0.717) is 11.7 Å². The van der Waals surface area contributed by atoms with Crippen LogP contribution in [-0.4, -0.2) is 17.2 Å². The minimum Gasteiger partial charge on any atom is -0.495 e. The Balaban J connectivity index is 2.33. The number of hydrogen-bond acceptors (Lipinski definition) is 3. The molecule has 3 nitrogen and oxygen atoms in total. The van der Waals surface area contributed by atoms with Gasteiger partial charge >= 0.3 is 0 Å². The van der Waals surface area contributed by atoms with Crippen molar-refractivity contribution in [1.82, 2.24) is 4.98 Å². The van der Waals surface area contributed by atoms with Gasteiger partial charge in [0.1, 0.15) is 5.75 Å². The molecule has 1 fully saturated rings. The van der Waals surface area contributed by atoms with Gasteiger partial charge in [-0.25, -0.2) is 0 Å². The first-order chi connectivity index (χ1) is 6.72. The minimum atomic E-state index is -0.664. The third-order valence-electron chi connectivity index (χ3n) is 3.04.